The maximum Gasteiger partial charge on any atom is 0.255 e. The number of halogens is 1. The number of rotatable bonds is 6. The van der Waals surface area contributed by atoms with Crippen molar-refractivity contribution in [2.75, 3.05) is 26.4 Å². The third-order valence-corrected chi connectivity index (χ3v) is 2.66. The van der Waals surface area contributed by atoms with E-state index in [9.17, 15) is 4.79 Å². The second-order valence-electron chi connectivity index (χ2n) is 4.05. The van der Waals surface area contributed by atoms with Crippen LogP contribution >= 0.6 is 12.4 Å². The minimum absolute atomic E-state index is 0. The molecule has 0 fully saturated rings. The van der Waals surface area contributed by atoms with Crippen LogP contribution in [0.15, 0.2) is 18.2 Å². The molecular formula is C13H19ClN2O3. The van der Waals surface area contributed by atoms with Gasteiger partial charge in [0.05, 0.1) is 5.56 Å². The van der Waals surface area contributed by atoms with E-state index in [1.807, 2.05) is 0 Å². The predicted octanol–water partition coefficient (Wildman–Crippen LogP) is 1.57. The summed E-state index contributed by atoms with van der Waals surface area (Å²) in [5, 5.41) is 6.07. The van der Waals surface area contributed by atoms with Crippen molar-refractivity contribution in [1.82, 2.24) is 10.6 Å². The number of ether oxygens (including phenoxy) is 2. The Morgan fingerprint density at radius 3 is 2.89 bits per heavy atom. The summed E-state index contributed by atoms with van der Waals surface area (Å²) in [6.45, 7) is 4.62. The maximum atomic E-state index is 12.0. The standard InChI is InChI=1S/C13H18N2O3.ClH/c1-2-6-14-7-8-15-13(16)10-4-3-5-11-12(10)18-9-17-11;/h3-5,14H,2,6-9H2,1H3,(H,15,16);1H. The van der Waals surface area contributed by atoms with E-state index in [4.69, 9.17) is 9.47 Å². The lowest BCUT2D eigenvalue weighted by Crippen LogP contribution is -2.32. The number of carbonyl (C=O) groups is 1. The molecule has 2 N–H and O–H groups in total. The monoisotopic (exact) mass is 286 g/mol. The van der Waals surface area contributed by atoms with Gasteiger partial charge < -0.3 is 20.1 Å². The molecule has 0 spiro atoms. The van der Waals surface area contributed by atoms with Crippen molar-refractivity contribution in [1.29, 1.82) is 0 Å². The summed E-state index contributed by atoms with van der Waals surface area (Å²) < 4.78 is 10.5. The summed E-state index contributed by atoms with van der Waals surface area (Å²) in [4.78, 5) is 12.0. The van der Waals surface area contributed by atoms with Crippen molar-refractivity contribution >= 4 is 18.3 Å². The molecule has 0 aromatic heterocycles. The van der Waals surface area contributed by atoms with Crippen molar-refractivity contribution in [3.8, 4) is 11.5 Å². The fourth-order valence-corrected chi connectivity index (χ4v) is 1.77. The fourth-order valence-electron chi connectivity index (χ4n) is 1.77. The van der Waals surface area contributed by atoms with Gasteiger partial charge >= 0.3 is 0 Å². The number of hydrogen-bond donors (Lipinski definition) is 2. The first-order chi connectivity index (χ1) is 8.83. The molecule has 19 heavy (non-hydrogen) atoms. The third-order valence-electron chi connectivity index (χ3n) is 2.66. The SMILES string of the molecule is CCCNCCNC(=O)c1cccc2c1OCO2.Cl. The molecule has 0 bridgehead atoms. The first kappa shape index (κ1) is 15.6. The van der Waals surface area contributed by atoms with Gasteiger partial charge in [-0.05, 0) is 25.1 Å². The van der Waals surface area contributed by atoms with Gasteiger partial charge in [0.15, 0.2) is 11.5 Å². The molecule has 1 aromatic carbocycles. The smallest absolute Gasteiger partial charge is 0.255 e. The number of para-hydroxylation sites is 1. The molecule has 0 atom stereocenters. The van der Waals surface area contributed by atoms with Gasteiger partial charge in [-0.3, -0.25) is 4.79 Å². The molecule has 0 aliphatic carbocycles. The van der Waals surface area contributed by atoms with Gasteiger partial charge in [0.2, 0.25) is 6.79 Å². The highest BCUT2D eigenvalue weighted by molar-refractivity contribution is 5.97. The van der Waals surface area contributed by atoms with Crippen LogP contribution in [0, 0.1) is 0 Å². The number of hydrogen-bond acceptors (Lipinski definition) is 4. The van der Waals surface area contributed by atoms with Crippen LogP contribution in [-0.2, 0) is 0 Å². The highest BCUT2D eigenvalue weighted by Gasteiger charge is 2.21. The van der Waals surface area contributed by atoms with Gasteiger partial charge in [-0.1, -0.05) is 13.0 Å². The van der Waals surface area contributed by atoms with Gasteiger partial charge in [0.1, 0.15) is 0 Å². The normalized spacial score (nSPS) is 11.8. The van der Waals surface area contributed by atoms with E-state index in [2.05, 4.69) is 17.6 Å². The summed E-state index contributed by atoms with van der Waals surface area (Å²) in [5.74, 6) is 1.04. The average molecular weight is 287 g/mol. The molecule has 1 heterocycles. The Balaban J connectivity index is 0.00000180. The van der Waals surface area contributed by atoms with Crippen LogP contribution in [0.3, 0.4) is 0 Å². The lowest BCUT2D eigenvalue weighted by molar-refractivity contribution is 0.0949. The van der Waals surface area contributed by atoms with Crippen molar-refractivity contribution in [2.24, 2.45) is 0 Å². The number of nitrogens with one attached hydrogen (secondary N) is 2. The second-order valence-corrected chi connectivity index (χ2v) is 4.05. The quantitative estimate of drug-likeness (QED) is 0.780. The highest BCUT2D eigenvalue weighted by Crippen LogP contribution is 2.35. The molecule has 1 amide bonds. The lowest BCUT2D eigenvalue weighted by atomic mass is 10.1. The van der Waals surface area contributed by atoms with Crippen molar-refractivity contribution in [3.63, 3.8) is 0 Å². The van der Waals surface area contributed by atoms with E-state index in [0.29, 0.717) is 23.6 Å². The Hall–Kier alpha value is -1.46. The molecule has 0 saturated carbocycles. The van der Waals surface area contributed by atoms with Crippen LogP contribution in [0.25, 0.3) is 0 Å². The second kappa shape index (κ2) is 7.86. The minimum atomic E-state index is -0.129. The Kier molecular flexibility index (Phi) is 6.45. The van der Waals surface area contributed by atoms with Gasteiger partial charge in [-0.25, -0.2) is 0 Å². The fraction of sp³-hybridized carbons (Fsp3) is 0.462. The Bertz CT molecular complexity index is 426. The topological polar surface area (TPSA) is 59.6 Å². The Morgan fingerprint density at radius 1 is 1.26 bits per heavy atom. The number of benzene rings is 1. The van der Waals surface area contributed by atoms with Gasteiger partial charge in [0, 0.05) is 13.1 Å². The zero-order chi connectivity index (χ0) is 12.8. The van der Waals surface area contributed by atoms with E-state index < -0.39 is 0 Å². The summed E-state index contributed by atoms with van der Waals surface area (Å²) in [7, 11) is 0. The number of fused-ring (bicyclic) bond motifs is 1. The van der Waals surface area contributed by atoms with E-state index in [-0.39, 0.29) is 25.1 Å². The van der Waals surface area contributed by atoms with E-state index in [0.717, 1.165) is 19.5 Å². The average Bonchev–Trinajstić information content (AvgIpc) is 2.86. The summed E-state index contributed by atoms with van der Waals surface area (Å²) in [5.41, 5.74) is 0.528. The van der Waals surface area contributed by atoms with Gasteiger partial charge in [-0.15, -0.1) is 12.4 Å². The molecule has 1 aliphatic rings. The molecule has 1 aromatic rings. The zero-order valence-electron chi connectivity index (χ0n) is 10.9. The largest absolute Gasteiger partial charge is 0.454 e. The molecule has 0 saturated heterocycles. The van der Waals surface area contributed by atoms with Crippen LogP contribution in [0.4, 0.5) is 0 Å². The minimum Gasteiger partial charge on any atom is -0.454 e. The van der Waals surface area contributed by atoms with E-state index >= 15 is 0 Å². The number of amides is 1. The molecule has 0 radical (unpaired) electrons. The zero-order valence-corrected chi connectivity index (χ0v) is 11.7. The van der Waals surface area contributed by atoms with Crippen LogP contribution in [0.1, 0.15) is 23.7 Å². The summed E-state index contributed by atoms with van der Waals surface area (Å²) in [6, 6.07) is 5.32. The predicted molar refractivity (Wildman–Crippen MR) is 75.3 cm³/mol. The molecule has 0 unspecified atom stereocenters. The molecule has 1 aliphatic heterocycles. The molecule has 6 heteroatoms. The molecule has 106 valence electrons. The Morgan fingerprint density at radius 2 is 2.11 bits per heavy atom. The molecule has 5 nitrogen and oxygen atoms in total. The van der Waals surface area contributed by atoms with Gasteiger partial charge in [0.25, 0.3) is 5.91 Å². The number of carbonyl (C=O) groups excluding carboxylic acids is 1. The van der Waals surface area contributed by atoms with E-state index in [1.165, 1.54) is 0 Å². The Labute approximate surface area is 119 Å². The summed E-state index contributed by atoms with van der Waals surface area (Å²) in [6.07, 6.45) is 1.09. The maximum absolute atomic E-state index is 12.0. The van der Waals surface area contributed by atoms with Crippen LogP contribution < -0.4 is 20.1 Å². The lowest BCUT2D eigenvalue weighted by Gasteiger charge is -2.08. The van der Waals surface area contributed by atoms with Crippen molar-refractivity contribution in [3.05, 3.63) is 23.8 Å². The summed E-state index contributed by atoms with van der Waals surface area (Å²) >= 11 is 0. The van der Waals surface area contributed by atoms with E-state index in [1.54, 1.807) is 18.2 Å². The van der Waals surface area contributed by atoms with Crippen LogP contribution in [-0.4, -0.2) is 32.3 Å². The highest BCUT2D eigenvalue weighted by atomic mass is 35.5. The van der Waals surface area contributed by atoms with Crippen LogP contribution in [0.5, 0.6) is 11.5 Å². The van der Waals surface area contributed by atoms with Crippen molar-refractivity contribution in [2.45, 2.75) is 13.3 Å². The first-order valence-corrected chi connectivity index (χ1v) is 6.20. The third kappa shape index (κ3) is 4.01. The van der Waals surface area contributed by atoms with Crippen molar-refractivity contribution < 1.29 is 14.3 Å². The molecule has 2 rings (SSSR count). The van der Waals surface area contributed by atoms with Crippen LogP contribution in [0.2, 0.25) is 0 Å². The first-order valence-electron chi connectivity index (χ1n) is 6.20. The van der Waals surface area contributed by atoms with Gasteiger partial charge in [-0.2, -0.15) is 0 Å². The molecular weight excluding hydrogens is 268 g/mol.